The number of nitrogens with zero attached hydrogens (tertiary/aromatic N) is 3. The van der Waals surface area contributed by atoms with Crippen molar-refractivity contribution in [2.45, 2.75) is 19.4 Å². The summed E-state index contributed by atoms with van der Waals surface area (Å²) in [7, 11) is 1.95. The molecule has 1 aromatic heterocycles. The Morgan fingerprint density at radius 2 is 2.04 bits per heavy atom. The zero-order valence-corrected chi connectivity index (χ0v) is 13.1. The second-order valence-electron chi connectivity index (χ2n) is 5.65. The molecule has 2 aromatic rings. The standard InChI is InChI=1S/C17H18BN3O2/c1-19-15-6-7-16(20-17(15)21-8-2-3-9-21)23-13-4-5-14(18)12(10-13)11-22/h4-7,10,22H,2-3,8-9,11,18H2. The maximum absolute atomic E-state index is 9.35. The van der Waals surface area contributed by atoms with Crippen molar-refractivity contribution in [2.24, 2.45) is 0 Å². The van der Waals surface area contributed by atoms with Crippen LogP contribution in [0.25, 0.3) is 4.85 Å². The Balaban J connectivity index is 1.88. The van der Waals surface area contributed by atoms with E-state index in [-0.39, 0.29) is 6.61 Å². The van der Waals surface area contributed by atoms with Crippen molar-refractivity contribution in [3.63, 3.8) is 0 Å². The van der Waals surface area contributed by atoms with Crippen LogP contribution in [-0.2, 0) is 6.61 Å². The average molecular weight is 307 g/mol. The first-order valence-electron chi connectivity index (χ1n) is 7.73. The van der Waals surface area contributed by atoms with Crippen molar-refractivity contribution >= 4 is 24.8 Å². The minimum absolute atomic E-state index is 0.0217. The average Bonchev–Trinajstić information content (AvgIpc) is 3.11. The van der Waals surface area contributed by atoms with Crippen LogP contribution in [0.15, 0.2) is 30.3 Å². The minimum atomic E-state index is -0.0217. The van der Waals surface area contributed by atoms with Gasteiger partial charge in [-0.05, 0) is 42.7 Å². The Bertz CT molecular complexity index is 752. The number of rotatable bonds is 4. The summed E-state index contributed by atoms with van der Waals surface area (Å²) in [4.78, 5) is 10.2. The van der Waals surface area contributed by atoms with Crippen LogP contribution in [0.5, 0.6) is 11.6 Å². The number of hydrogen-bond acceptors (Lipinski definition) is 4. The van der Waals surface area contributed by atoms with Crippen LogP contribution in [0.4, 0.5) is 11.5 Å². The van der Waals surface area contributed by atoms with Crippen molar-refractivity contribution in [2.75, 3.05) is 18.0 Å². The summed E-state index contributed by atoms with van der Waals surface area (Å²) in [5.74, 6) is 1.80. The van der Waals surface area contributed by atoms with Gasteiger partial charge in [-0.2, -0.15) is 0 Å². The molecular weight excluding hydrogens is 289 g/mol. The van der Waals surface area contributed by atoms with E-state index in [0.29, 0.717) is 23.1 Å². The van der Waals surface area contributed by atoms with E-state index in [1.165, 1.54) is 0 Å². The number of anilines is 1. The van der Waals surface area contributed by atoms with Crippen molar-refractivity contribution in [1.29, 1.82) is 0 Å². The first-order valence-corrected chi connectivity index (χ1v) is 7.73. The van der Waals surface area contributed by atoms with Gasteiger partial charge >= 0.3 is 0 Å². The molecule has 0 unspecified atom stereocenters. The fraction of sp³-hybridized carbons (Fsp3) is 0.294. The summed E-state index contributed by atoms with van der Waals surface area (Å²) >= 11 is 0. The predicted octanol–water partition coefficient (Wildman–Crippen LogP) is 1.78. The number of aliphatic hydroxyl groups is 1. The molecule has 0 aliphatic carbocycles. The Morgan fingerprint density at radius 3 is 2.74 bits per heavy atom. The van der Waals surface area contributed by atoms with E-state index in [1.807, 2.05) is 26.0 Å². The largest absolute Gasteiger partial charge is 0.439 e. The summed E-state index contributed by atoms with van der Waals surface area (Å²) in [6.45, 7) is 9.14. The highest BCUT2D eigenvalue weighted by molar-refractivity contribution is 6.33. The van der Waals surface area contributed by atoms with Crippen LogP contribution in [0.3, 0.4) is 0 Å². The SMILES string of the molecule is Bc1ccc(Oc2ccc([N+]#[C-])c(N3CCCC3)n2)cc1CO. The van der Waals surface area contributed by atoms with Gasteiger partial charge < -0.3 is 14.7 Å². The van der Waals surface area contributed by atoms with Gasteiger partial charge in [0.2, 0.25) is 11.6 Å². The lowest BCUT2D eigenvalue weighted by Crippen LogP contribution is -2.19. The third-order valence-electron chi connectivity index (χ3n) is 4.07. The molecule has 0 saturated carbocycles. The zero-order valence-electron chi connectivity index (χ0n) is 13.1. The Hall–Kier alpha value is -2.52. The molecule has 0 bridgehead atoms. The van der Waals surface area contributed by atoms with Gasteiger partial charge in [-0.15, -0.1) is 0 Å². The van der Waals surface area contributed by atoms with Crippen LogP contribution < -0.4 is 15.1 Å². The number of aromatic nitrogens is 1. The van der Waals surface area contributed by atoms with Crippen molar-refractivity contribution in [1.82, 2.24) is 4.98 Å². The van der Waals surface area contributed by atoms with Gasteiger partial charge in [0.15, 0.2) is 0 Å². The molecule has 1 aliphatic rings. The van der Waals surface area contributed by atoms with E-state index >= 15 is 0 Å². The molecule has 1 N–H and O–H groups in total. The lowest BCUT2D eigenvalue weighted by atomic mass is 9.91. The summed E-state index contributed by atoms with van der Waals surface area (Å²) < 4.78 is 5.82. The Labute approximate surface area is 136 Å². The molecule has 0 atom stereocenters. The molecule has 0 amide bonds. The Kier molecular flexibility index (Phi) is 4.49. The van der Waals surface area contributed by atoms with Gasteiger partial charge in [-0.1, -0.05) is 11.5 Å². The molecular formula is C17H18BN3O2. The summed E-state index contributed by atoms with van der Waals surface area (Å²) in [6.07, 6.45) is 2.25. The van der Waals surface area contributed by atoms with Gasteiger partial charge in [0, 0.05) is 13.1 Å². The zero-order chi connectivity index (χ0) is 16.2. The first kappa shape index (κ1) is 15.4. The number of pyridine rings is 1. The maximum Gasteiger partial charge on any atom is 0.228 e. The van der Waals surface area contributed by atoms with Gasteiger partial charge in [-0.25, -0.2) is 9.83 Å². The molecule has 23 heavy (non-hydrogen) atoms. The van der Waals surface area contributed by atoms with Crippen LogP contribution in [0, 0.1) is 6.57 Å². The second-order valence-corrected chi connectivity index (χ2v) is 5.65. The fourth-order valence-electron chi connectivity index (χ4n) is 2.73. The van der Waals surface area contributed by atoms with Crippen LogP contribution in [0.2, 0.25) is 0 Å². The molecule has 5 nitrogen and oxygen atoms in total. The van der Waals surface area contributed by atoms with Crippen LogP contribution >= 0.6 is 0 Å². The van der Waals surface area contributed by atoms with Crippen molar-refractivity contribution in [3.8, 4) is 11.6 Å². The van der Waals surface area contributed by atoms with Gasteiger partial charge in [-0.3, -0.25) is 0 Å². The predicted molar refractivity (Wildman–Crippen MR) is 92.6 cm³/mol. The fourth-order valence-corrected chi connectivity index (χ4v) is 2.73. The highest BCUT2D eigenvalue weighted by Crippen LogP contribution is 2.32. The highest BCUT2D eigenvalue weighted by atomic mass is 16.5. The number of aliphatic hydroxyl groups excluding tert-OH is 1. The van der Waals surface area contributed by atoms with Crippen molar-refractivity contribution in [3.05, 3.63) is 47.3 Å². The molecule has 2 heterocycles. The van der Waals surface area contributed by atoms with Gasteiger partial charge in [0.25, 0.3) is 0 Å². The van der Waals surface area contributed by atoms with E-state index in [2.05, 4.69) is 14.7 Å². The highest BCUT2D eigenvalue weighted by Gasteiger charge is 2.18. The van der Waals surface area contributed by atoms with E-state index in [9.17, 15) is 5.11 Å². The molecule has 0 spiro atoms. The molecule has 1 fully saturated rings. The number of benzene rings is 1. The molecule has 1 saturated heterocycles. The second kappa shape index (κ2) is 6.72. The van der Waals surface area contributed by atoms with E-state index in [1.54, 1.807) is 12.1 Å². The molecule has 0 radical (unpaired) electrons. The molecule has 3 rings (SSSR count). The lowest BCUT2D eigenvalue weighted by molar-refractivity contribution is 0.282. The first-order chi connectivity index (χ1) is 11.2. The number of hydrogen-bond donors (Lipinski definition) is 1. The van der Waals surface area contributed by atoms with Crippen LogP contribution in [-0.4, -0.2) is 31.0 Å². The number of ether oxygens (including phenoxy) is 1. The normalized spacial score (nSPS) is 13.8. The summed E-state index contributed by atoms with van der Waals surface area (Å²) in [5.41, 5.74) is 2.41. The van der Waals surface area contributed by atoms with E-state index in [0.717, 1.165) is 37.0 Å². The Morgan fingerprint density at radius 1 is 1.26 bits per heavy atom. The summed E-state index contributed by atoms with van der Waals surface area (Å²) in [6, 6.07) is 9.05. The molecule has 6 heteroatoms. The molecule has 1 aliphatic heterocycles. The molecule has 1 aromatic carbocycles. The molecule has 116 valence electrons. The third kappa shape index (κ3) is 3.30. The van der Waals surface area contributed by atoms with E-state index in [4.69, 9.17) is 11.3 Å². The van der Waals surface area contributed by atoms with Crippen molar-refractivity contribution < 1.29 is 9.84 Å². The van der Waals surface area contributed by atoms with E-state index < -0.39 is 0 Å². The van der Waals surface area contributed by atoms with Gasteiger partial charge in [0.05, 0.1) is 13.2 Å². The smallest absolute Gasteiger partial charge is 0.228 e. The third-order valence-corrected chi connectivity index (χ3v) is 4.07. The monoisotopic (exact) mass is 307 g/mol. The lowest BCUT2D eigenvalue weighted by Gasteiger charge is -2.19. The summed E-state index contributed by atoms with van der Waals surface area (Å²) in [5, 5.41) is 9.35. The van der Waals surface area contributed by atoms with Gasteiger partial charge in [0.1, 0.15) is 19.4 Å². The topological polar surface area (TPSA) is 50.0 Å². The van der Waals surface area contributed by atoms with Crippen LogP contribution in [0.1, 0.15) is 18.4 Å². The maximum atomic E-state index is 9.35. The quantitative estimate of drug-likeness (QED) is 0.691. The minimum Gasteiger partial charge on any atom is -0.439 e.